The Labute approximate surface area is 146 Å². The second-order valence-corrected chi connectivity index (χ2v) is 8.21. The van der Waals surface area contributed by atoms with Crippen molar-refractivity contribution in [1.82, 2.24) is 9.29 Å². The number of cyclic esters (lactones) is 1. The van der Waals surface area contributed by atoms with Crippen LogP contribution in [0.5, 0.6) is 0 Å². The maximum atomic E-state index is 12.5. The molecule has 0 N–H and O–H groups in total. The fraction of sp³-hybridized carbons (Fsp3) is 0.562. The summed E-state index contributed by atoms with van der Waals surface area (Å²) in [6, 6.07) is 3.06. The molecule has 0 radical (unpaired) electrons. The Morgan fingerprint density at radius 2 is 2.08 bits per heavy atom. The van der Waals surface area contributed by atoms with Crippen molar-refractivity contribution >= 4 is 22.0 Å². The smallest absolute Gasteiger partial charge is 0.347 e. The van der Waals surface area contributed by atoms with Gasteiger partial charge in [0.2, 0.25) is 16.1 Å². The van der Waals surface area contributed by atoms with Crippen LogP contribution >= 0.6 is 0 Å². The van der Waals surface area contributed by atoms with E-state index in [1.165, 1.54) is 22.8 Å². The molecule has 2 aliphatic heterocycles. The van der Waals surface area contributed by atoms with Crippen LogP contribution in [0.3, 0.4) is 0 Å². The van der Waals surface area contributed by atoms with E-state index in [0.717, 1.165) is 0 Å². The summed E-state index contributed by atoms with van der Waals surface area (Å²) in [5.41, 5.74) is 0. The number of pyridine rings is 1. The van der Waals surface area contributed by atoms with Crippen molar-refractivity contribution in [3.8, 4) is 0 Å². The standard InChI is InChI=1S/C16H20N2O6S/c1-11-9-14(16(20)23-11)24-15(19)12-4-7-18(8-5-12)25(21,22)13-3-2-6-17-10-13/h2-3,6,10-12,14H,4-5,7-9H2,1H3. The Kier molecular flexibility index (Phi) is 5.05. The van der Waals surface area contributed by atoms with E-state index in [4.69, 9.17) is 9.47 Å². The number of aromatic nitrogens is 1. The molecular weight excluding hydrogens is 348 g/mol. The first-order chi connectivity index (χ1) is 11.9. The van der Waals surface area contributed by atoms with Gasteiger partial charge in [-0.05, 0) is 31.9 Å². The number of carbonyl (C=O) groups excluding carboxylic acids is 2. The van der Waals surface area contributed by atoms with Gasteiger partial charge in [-0.2, -0.15) is 4.31 Å². The Morgan fingerprint density at radius 3 is 2.64 bits per heavy atom. The second-order valence-electron chi connectivity index (χ2n) is 6.28. The number of hydrogen-bond acceptors (Lipinski definition) is 7. The van der Waals surface area contributed by atoms with Gasteiger partial charge >= 0.3 is 11.9 Å². The van der Waals surface area contributed by atoms with Crippen LogP contribution in [0.2, 0.25) is 0 Å². The highest BCUT2D eigenvalue weighted by molar-refractivity contribution is 7.89. The zero-order chi connectivity index (χ0) is 18.0. The molecule has 25 heavy (non-hydrogen) atoms. The van der Waals surface area contributed by atoms with Crippen molar-refractivity contribution in [1.29, 1.82) is 0 Å². The van der Waals surface area contributed by atoms with E-state index < -0.39 is 34.0 Å². The van der Waals surface area contributed by atoms with E-state index in [0.29, 0.717) is 19.3 Å². The van der Waals surface area contributed by atoms with Gasteiger partial charge < -0.3 is 9.47 Å². The van der Waals surface area contributed by atoms with Crippen LogP contribution in [0, 0.1) is 5.92 Å². The largest absolute Gasteiger partial charge is 0.460 e. The molecule has 0 amide bonds. The lowest BCUT2D eigenvalue weighted by Crippen LogP contribution is -2.41. The molecule has 2 saturated heterocycles. The lowest BCUT2D eigenvalue weighted by atomic mass is 9.98. The second kappa shape index (κ2) is 7.09. The number of sulfonamides is 1. The van der Waals surface area contributed by atoms with Gasteiger partial charge in [-0.1, -0.05) is 0 Å². The van der Waals surface area contributed by atoms with E-state index >= 15 is 0 Å². The van der Waals surface area contributed by atoms with Crippen molar-refractivity contribution in [2.75, 3.05) is 13.1 Å². The molecule has 2 unspecified atom stereocenters. The van der Waals surface area contributed by atoms with Crippen molar-refractivity contribution in [3.05, 3.63) is 24.5 Å². The first-order valence-electron chi connectivity index (χ1n) is 8.19. The van der Waals surface area contributed by atoms with E-state index in [2.05, 4.69) is 4.98 Å². The summed E-state index contributed by atoms with van der Waals surface area (Å²) >= 11 is 0. The van der Waals surface area contributed by atoms with Crippen molar-refractivity contribution in [3.63, 3.8) is 0 Å². The molecular formula is C16H20N2O6S. The average Bonchev–Trinajstić information content (AvgIpc) is 2.93. The minimum atomic E-state index is -3.60. The quantitative estimate of drug-likeness (QED) is 0.722. The molecule has 8 nitrogen and oxygen atoms in total. The number of carbonyl (C=O) groups is 2. The van der Waals surface area contributed by atoms with Crippen LogP contribution in [-0.4, -0.2) is 54.9 Å². The van der Waals surface area contributed by atoms with Gasteiger partial charge in [0.25, 0.3) is 0 Å². The van der Waals surface area contributed by atoms with Crippen LogP contribution < -0.4 is 0 Å². The lowest BCUT2D eigenvalue weighted by molar-refractivity contribution is -0.164. The van der Waals surface area contributed by atoms with E-state index in [-0.39, 0.29) is 24.1 Å². The number of nitrogens with zero attached hydrogens (tertiary/aromatic N) is 2. The number of rotatable bonds is 4. The van der Waals surface area contributed by atoms with Gasteiger partial charge in [0.15, 0.2) is 0 Å². The third-order valence-corrected chi connectivity index (χ3v) is 6.33. The minimum absolute atomic E-state index is 0.138. The highest BCUT2D eigenvalue weighted by Gasteiger charge is 2.38. The first-order valence-corrected chi connectivity index (χ1v) is 9.63. The van der Waals surface area contributed by atoms with Crippen LogP contribution in [0.15, 0.2) is 29.4 Å². The van der Waals surface area contributed by atoms with Crippen molar-refractivity contribution in [2.45, 2.75) is 43.3 Å². The Hall–Kier alpha value is -2.00. The number of ether oxygens (including phenoxy) is 2. The summed E-state index contributed by atoms with van der Waals surface area (Å²) < 4.78 is 36.6. The lowest BCUT2D eigenvalue weighted by Gasteiger charge is -2.30. The normalized spacial score (nSPS) is 25.6. The molecule has 9 heteroatoms. The molecule has 2 atom stereocenters. The molecule has 1 aromatic rings. The zero-order valence-corrected chi connectivity index (χ0v) is 14.6. The summed E-state index contributed by atoms with van der Waals surface area (Å²) in [6.07, 6.45) is 2.79. The van der Waals surface area contributed by atoms with Crippen LogP contribution in [0.1, 0.15) is 26.2 Å². The Bertz CT molecular complexity index is 743. The van der Waals surface area contributed by atoms with Crippen LogP contribution in [0.25, 0.3) is 0 Å². The van der Waals surface area contributed by atoms with Crippen LogP contribution in [-0.2, 0) is 29.1 Å². The predicted molar refractivity (Wildman–Crippen MR) is 85.8 cm³/mol. The molecule has 136 valence electrons. The van der Waals surface area contributed by atoms with Gasteiger partial charge in [0.1, 0.15) is 11.0 Å². The fourth-order valence-electron chi connectivity index (χ4n) is 3.03. The van der Waals surface area contributed by atoms with Crippen LogP contribution in [0.4, 0.5) is 0 Å². The molecule has 3 rings (SSSR count). The monoisotopic (exact) mass is 368 g/mol. The summed E-state index contributed by atoms with van der Waals surface area (Å²) in [6.45, 7) is 2.19. The van der Waals surface area contributed by atoms with Crippen molar-refractivity contribution < 1.29 is 27.5 Å². The van der Waals surface area contributed by atoms with Gasteiger partial charge in [-0.15, -0.1) is 0 Å². The van der Waals surface area contributed by atoms with Gasteiger partial charge in [-0.25, -0.2) is 13.2 Å². The van der Waals surface area contributed by atoms with E-state index in [9.17, 15) is 18.0 Å². The first kappa shape index (κ1) is 17.8. The predicted octanol–water partition coefficient (Wildman–Crippen LogP) is 0.729. The topological polar surface area (TPSA) is 103 Å². The molecule has 2 fully saturated rings. The molecule has 0 aromatic carbocycles. The minimum Gasteiger partial charge on any atom is -0.460 e. The molecule has 2 aliphatic rings. The third-order valence-electron chi connectivity index (χ3n) is 4.44. The molecule has 0 saturated carbocycles. The maximum Gasteiger partial charge on any atom is 0.347 e. The molecule has 0 spiro atoms. The maximum absolute atomic E-state index is 12.5. The number of hydrogen-bond donors (Lipinski definition) is 0. The summed E-state index contributed by atoms with van der Waals surface area (Å²) in [5.74, 6) is -1.39. The fourth-order valence-corrected chi connectivity index (χ4v) is 4.47. The molecule has 0 bridgehead atoms. The van der Waals surface area contributed by atoms with Gasteiger partial charge in [-0.3, -0.25) is 9.78 Å². The number of esters is 2. The van der Waals surface area contributed by atoms with E-state index in [1.807, 2.05) is 0 Å². The SMILES string of the molecule is CC1CC(OC(=O)C2CCN(S(=O)(=O)c3cccnc3)CC2)C(=O)O1. The number of piperidine rings is 1. The van der Waals surface area contributed by atoms with Gasteiger partial charge in [0.05, 0.1) is 5.92 Å². The zero-order valence-electron chi connectivity index (χ0n) is 13.8. The van der Waals surface area contributed by atoms with Gasteiger partial charge in [0, 0.05) is 31.9 Å². The summed E-state index contributed by atoms with van der Waals surface area (Å²) in [5, 5.41) is 0. The molecule has 3 heterocycles. The highest BCUT2D eigenvalue weighted by Crippen LogP contribution is 2.26. The average molecular weight is 368 g/mol. The van der Waals surface area contributed by atoms with E-state index in [1.54, 1.807) is 13.0 Å². The summed E-state index contributed by atoms with van der Waals surface area (Å²) in [4.78, 5) is 27.7. The van der Waals surface area contributed by atoms with Crippen molar-refractivity contribution in [2.24, 2.45) is 5.92 Å². The summed E-state index contributed by atoms with van der Waals surface area (Å²) in [7, 11) is -3.60. The Morgan fingerprint density at radius 1 is 1.36 bits per heavy atom. The highest BCUT2D eigenvalue weighted by atomic mass is 32.2. The molecule has 0 aliphatic carbocycles. The molecule has 1 aromatic heterocycles. The third kappa shape index (κ3) is 3.82. The Balaban J connectivity index is 1.57.